The smallest absolute Gasteiger partial charge is 0.221 e. The summed E-state index contributed by atoms with van der Waals surface area (Å²) in [5.74, 6) is -0.0256. The minimum absolute atomic E-state index is 0. The third-order valence-corrected chi connectivity index (χ3v) is 3.72. The molecule has 1 unspecified atom stereocenters. The SMILES string of the molecule is CCCN(Cc1ccc(NC(C)=O)cc1)C1CCNC1.Cl. The number of hydrogen-bond donors (Lipinski definition) is 2. The molecule has 118 valence electrons. The van der Waals surface area contributed by atoms with Crippen molar-refractivity contribution in [3.63, 3.8) is 0 Å². The Bertz CT molecular complexity index is 430. The average Bonchev–Trinajstić information content (AvgIpc) is 2.94. The van der Waals surface area contributed by atoms with Crippen LogP contribution < -0.4 is 10.6 Å². The Balaban J connectivity index is 0.00000220. The summed E-state index contributed by atoms with van der Waals surface area (Å²) in [6.45, 7) is 8.12. The summed E-state index contributed by atoms with van der Waals surface area (Å²) in [6.07, 6.45) is 2.42. The van der Waals surface area contributed by atoms with Crippen molar-refractivity contribution in [3.05, 3.63) is 29.8 Å². The predicted octanol–water partition coefficient (Wildman–Crippen LogP) is 2.64. The molecule has 1 fully saturated rings. The van der Waals surface area contributed by atoms with Crippen molar-refractivity contribution < 1.29 is 4.79 Å². The van der Waals surface area contributed by atoms with Crippen molar-refractivity contribution >= 4 is 24.0 Å². The number of hydrogen-bond acceptors (Lipinski definition) is 3. The lowest BCUT2D eigenvalue weighted by atomic mass is 10.1. The van der Waals surface area contributed by atoms with E-state index in [4.69, 9.17) is 0 Å². The Morgan fingerprint density at radius 2 is 2.10 bits per heavy atom. The lowest BCUT2D eigenvalue weighted by molar-refractivity contribution is -0.114. The maximum absolute atomic E-state index is 11.0. The molecular formula is C16H26ClN3O. The van der Waals surface area contributed by atoms with E-state index in [0.717, 1.165) is 31.9 Å². The molecule has 1 amide bonds. The quantitative estimate of drug-likeness (QED) is 0.849. The van der Waals surface area contributed by atoms with Crippen LogP contribution in [0.4, 0.5) is 5.69 Å². The largest absolute Gasteiger partial charge is 0.326 e. The van der Waals surface area contributed by atoms with Crippen molar-refractivity contribution in [2.24, 2.45) is 0 Å². The third kappa shape index (κ3) is 5.65. The molecule has 2 N–H and O–H groups in total. The summed E-state index contributed by atoms with van der Waals surface area (Å²) in [7, 11) is 0. The van der Waals surface area contributed by atoms with Gasteiger partial charge in [0.2, 0.25) is 5.91 Å². The molecule has 1 saturated heterocycles. The number of benzene rings is 1. The van der Waals surface area contributed by atoms with Crippen LogP contribution in [0.15, 0.2) is 24.3 Å². The molecule has 1 aliphatic heterocycles. The minimum atomic E-state index is -0.0256. The van der Waals surface area contributed by atoms with E-state index in [0.29, 0.717) is 6.04 Å². The first-order valence-corrected chi connectivity index (χ1v) is 7.50. The Kier molecular flexibility index (Phi) is 7.72. The molecule has 0 aliphatic carbocycles. The van der Waals surface area contributed by atoms with Crippen molar-refractivity contribution in [3.8, 4) is 0 Å². The second-order valence-electron chi connectivity index (χ2n) is 5.50. The molecule has 1 aromatic rings. The van der Waals surface area contributed by atoms with Crippen LogP contribution in [0, 0.1) is 0 Å². The van der Waals surface area contributed by atoms with E-state index in [-0.39, 0.29) is 18.3 Å². The van der Waals surface area contributed by atoms with Crippen LogP contribution in [0.25, 0.3) is 0 Å². The summed E-state index contributed by atoms with van der Waals surface area (Å²) in [5, 5.41) is 6.24. The predicted molar refractivity (Wildman–Crippen MR) is 90.0 cm³/mol. The highest BCUT2D eigenvalue weighted by molar-refractivity contribution is 5.88. The zero-order valence-electron chi connectivity index (χ0n) is 12.9. The Morgan fingerprint density at radius 1 is 1.38 bits per heavy atom. The second-order valence-corrected chi connectivity index (χ2v) is 5.50. The zero-order chi connectivity index (χ0) is 14.4. The van der Waals surface area contributed by atoms with Gasteiger partial charge in [0.25, 0.3) is 0 Å². The summed E-state index contributed by atoms with van der Waals surface area (Å²) in [4.78, 5) is 13.6. The minimum Gasteiger partial charge on any atom is -0.326 e. The number of anilines is 1. The number of carbonyl (C=O) groups excluding carboxylic acids is 1. The summed E-state index contributed by atoms with van der Waals surface area (Å²) in [6, 6.07) is 8.83. The monoisotopic (exact) mass is 311 g/mol. The van der Waals surface area contributed by atoms with E-state index in [1.165, 1.54) is 25.3 Å². The van der Waals surface area contributed by atoms with Gasteiger partial charge in [0, 0.05) is 31.7 Å². The first kappa shape index (κ1) is 18.0. The maximum Gasteiger partial charge on any atom is 0.221 e. The van der Waals surface area contributed by atoms with Crippen molar-refractivity contribution in [2.45, 2.75) is 39.3 Å². The zero-order valence-corrected chi connectivity index (χ0v) is 13.7. The fraction of sp³-hybridized carbons (Fsp3) is 0.562. The molecule has 0 bridgehead atoms. The van der Waals surface area contributed by atoms with Crippen LogP contribution in [0.5, 0.6) is 0 Å². The van der Waals surface area contributed by atoms with Gasteiger partial charge in [0.05, 0.1) is 0 Å². The molecule has 1 atom stereocenters. The molecule has 5 heteroatoms. The van der Waals surface area contributed by atoms with Gasteiger partial charge >= 0.3 is 0 Å². The van der Waals surface area contributed by atoms with E-state index < -0.39 is 0 Å². The Morgan fingerprint density at radius 3 is 2.62 bits per heavy atom. The Hall–Kier alpha value is -1.10. The number of amides is 1. The number of carbonyl (C=O) groups is 1. The summed E-state index contributed by atoms with van der Waals surface area (Å²) in [5.41, 5.74) is 2.17. The van der Waals surface area contributed by atoms with Crippen LogP contribution in [-0.2, 0) is 11.3 Å². The van der Waals surface area contributed by atoms with E-state index in [2.05, 4.69) is 34.6 Å². The second kappa shape index (κ2) is 9.03. The van der Waals surface area contributed by atoms with Crippen LogP contribution in [-0.4, -0.2) is 36.5 Å². The highest BCUT2D eigenvalue weighted by atomic mass is 35.5. The number of nitrogens with zero attached hydrogens (tertiary/aromatic N) is 1. The first-order valence-electron chi connectivity index (χ1n) is 7.50. The van der Waals surface area contributed by atoms with Crippen LogP contribution in [0.2, 0.25) is 0 Å². The van der Waals surface area contributed by atoms with Gasteiger partial charge < -0.3 is 10.6 Å². The summed E-state index contributed by atoms with van der Waals surface area (Å²) < 4.78 is 0. The maximum atomic E-state index is 11.0. The van der Waals surface area contributed by atoms with Gasteiger partial charge in [0.1, 0.15) is 0 Å². The number of halogens is 1. The van der Waals surface area contributed by atoms with Gasteiger partial charge in [-0.05, 0) is 43.6 Å². The van der Waals surface area contributed by atoms with Crippen molar-refractivity contribution in [1.29, 1.82) is 0 Å². The average molecular weight is 312 g/mol. The number of rotatable bonds is 6. The fourth-order valence-corrected chi connectivity index (χ4v) is 2.76. The topological polar surface area (TPSA) is 44.4 Å². The normalized spacial score (nSPS) is 17.6. The third-order valence-electron chi connectivity index (χ3n) is 3.72. The van der Waals surface area contributed by atoms with Crippen molar-refractivity contribution in [2.75, 3.05) is 25.0 Å². The van der Waals surface area contributed by atoms with E-state index in [1.807, 2.05) is 12.1 Å². The van der Waals surface area contributed by atoms with E-state index in [1.54, 1.807) is 0 Å². The van der Waals surface area contributed by atoms with Gasteiger partial charge in [-0.1, -0.05) is 19.1 Å². The molecular weight excluding hydrogens is 286 g/mol. The van der Waals surface area contributed by atoms with Gasteiger partial charge in [-0.3, -0.25) is 9.69 Å². The highest BCUT2D eigenvalue weighted by Crippen LogP contribution is 2.16. The number of nitrogens with one attached hydrogen (secondary N) is 2. The standard InChI is InChI=1S/C16H25N3O.ClH/c1-3-10-19(16-8-9-17-11-16)12-14-4-6-15(7-5-14)18-13(2)20;/h4-7,16-17H,3,8-12H2,1-2H3,(H,18,20);1H. The molecule has 0 saturated carbocycles. The van der Waals surface area contributed by atoms with Crippen LogP contribution in [0.1, 0.15) is 32.3 Å². The lowest BCUT2D eigenvalue weighted by Crippen LogP contribution is -2.36. The van der Waals surface area contributed by atoms with Crippen LogP contribution >= 0.6 is 12.4 Å². The molecule has 2 rings (SSSR count). The van der Waals surface area contributed by atoms with Gasteiger partial charge in [0.15, 0.2) is 0 Å². The first-order chi connectivity index (χ1) is 9.69. The summed E-state index contributed by atoms with van der Waals surface area (Å²) >= 11 is 0. The van der Waals surface area contributed by atoms with Crippen LogP contribution in [0.3, 0.4) is 0 Å². The molecule has 1 aliphatic rings. The molecule has 1 heterocycles. The molecule has 4 nitrogen and oxygen atoms in total. The molecule has 21 heavy (non-hydrogen) atoms. The highest BCUT2D eigenvalue weighted by Gasteiger charge is 2.21. The molecule has 0 radical (unpaired) electrons. The molecule has 0 aromatic heterocycles. The molecule has 1 aromatic carbocycles. The fourth-order valence-electron chi connectivity index (χ4n) is 2.76. The van der Waals surface area contributed by atoms with Gasteiger partial charge in [-0.2, -0.15) is 0 Å². The van der Waals surface area contributed by atoms with Gasteiger partial charge in [-0.25, -0.2) is 0 Å². The van der Waals surface area contributed by atoms with Crippen molar-refractivity contribution in [1.82, 2.24) is 10.2 Å². The molecule has 0 spiro atoms. The Labute approximate surface area is 133 Å². The van der Waals surface area contributed by atoms with E-state index >= 15 is 0 Å². The lowest BCUT2D eigenvalue weighted by Gasteiger charge is -2.28. The van der Waals surface area contributed by atoms with Gasteiger partial charge in [-0.15, -0.1) is 12.4 Å². The van der Waals surface area contributed by atoms with E-state index in [9.17, 15) is 4.79 Å².